The van der Waals surface area contributed by atoms with Gasteiger partial charge in [0, 0.05) is 65.4 Å². The number of carbonyl (C=O) groups excluding carboxylic acids is 1. The predicted molar refractivity (Wildman–Crippen MR) is 130 cm³/mol. The molecule has 0 aliphatic carbocycles. The molecule has 3 fully saturated rings. The van der Waals surface area contributed by atoms with Crippen molar-refractivity contribution in [1.82, 2.24) is 24.9 Å². The van der Waals surface area contributed by atoms with E-state index in [9.17, 15) is 4.79 Å². The number of likely N-dealkylation sites (tertiary alicyclic amines) is 2. The highest BCUT2D eigenvalue weighted by atomic mass is 16.2. The highest BCUT2D eigenvalue weighted by Gasteiger charge is 2.31. The minimum absolute atomic E-state index is 0.0183. The lowest BCUT2D eigenvalue weighted by atomic mass is 10.2. The maximum Gasteiger partial charge on any atom is 0.239 e. The van der Waals surface area contributed by atoms with Gasteiger partial charge in [0.2, 0.25) is 5.91 Å². The van der Waals surface area contributed by atoms with Gasteiger partial charge in [-0.05, 0) is 44.7 Å². The highest BCUT2D eigenvalue weighted by Crippen LogP contribution is 2.20. The molecule has 0 saturated carbocycles. The topological polar surface area (TPSA) is 54.4 Å². The van der Waals surface area contributed by atoms with Crippen molar-refractivity contribution in [2.45, 2.75) is 51.2 Å². The van der Waals surface area contributed by atoms with E-state index in [2.05, 4.69) is 62.3 Å². The summed E-state index contributed by atoms with van der Waals surface area (Å²) in [6, 6.07) is 11.3. The third-order valence-corrected chi connectivity index (χ3v) is 7.37. The summed E-state index contributed by atoms with van der Waals surface area (Å²) in [6.07, 6.45) is 4.80. The lowest BCUT2D eigenvalue weighted by Gasteiger charge is -2.40. The quantitative estimate of drug-likeness (QED) is 0.541. The van der Waals surface area contributed by atoms with Crippen molar-refractivity contribution >= 4 is 11.9 Å². The van der Waals surface area contributed by atoms with Crippen LogP contribution in [-0.4, -0.2) is 103 Å². The van der Waals surface area contributed by atoms with Crippen molar-refractivity contribution in [1.29, 1.82) is 0 Å². The molecule has 1 amide bonds. The van der Waals surface area contributed by atoms with E-state index in [1.165, 1.54) is 24.9 Å². The van der Waals surface area contributed by atoms with E-state index < -0.39 is 0 Å². The fourth-order valence-corrected chi connectivity index (χ4v) is 5.37. The Hall–Kier alpha value is -2.12. The number of guanidine groups is 1. The Labute approximate surface area is 193 Å². The van der Waals surface area contributed by atoms with Crippen molar-refractivity contribution in [2.24, 2.45) is 4.99 Å². The van der Waals surface area contributed by atoms with Crippen LogP contribution >= 0.6 is 0 Å². The highest BCUT2D eigenvalue weighted by molar-refractivity contribution is 5.82. The average Bonchev–Trinajstić information content (AvgIpc) is 3.52. The average molecular weight is 441 g/mol. The van der Waals surface area contributed by atoms with Crippen LogP contribution in [0.25, 0.3) is 0 Å². The summed E-state index contributed by atoms with van der Waals surface area (Å²) in [5.74, 6) is 1.30. The van der Waals surface area contributed by atoms with Gasteiger partial charge >= 0.3 is 0 Å². The summed E-state index contributed by atoms with van der Waals surface area (Å²) in [4.78, 5) is 26.6. The number of carbonyl (C=O) groups is 1. The maximum atomic E-state index is 12.8. The van der Waals surface area contributed by atoms with E-state index in [-0.39, 0.29) is 6.04 Å². The zero-order valence-electron chi connectivity index (χ0n) is 19.9. The molecule has 0 aromatic heterocycles. The van der Waals surface area contributed by atoms with Crippen LogP contribution in [0.1, 0.15) is 38.2 Å². The molecule has 0 radical (unpaired) electrons. The van der Waals surface area contributed by atoms with Crippen LogP contribution in [0.3, 0.4) is 0 Å². The van der Waals surface area contributed by atoms with Crippen LogP contribution in [0.15, 0.2) is 35.3 Å². The second kappa shape index (κ2) is 11.1. The van der Waals surface area contributed by atoms with Crippen molar-refractivity contribution in [2.75, 3.05) is 59.4 Å². The first-order valence-electron chi connectivity index (χ1n) is 12.4. The molecule has 4 rings (SSSR count). The van der Waals surface area contributed by atoms with Crippen LogP contribution in [-0.2, 0) is 11.3 Å². The van der Waals surface area contributed by atoms with Gasteiger partial charge in [0.25, 0.3) is 0 Å². The normalized spacial score (nSPS) is 24.2. The lowest BCUT2D eigenvalue weighted by molar-refractivity contribution is -0.135. The predicted octanol–water partition coefficient (Wildman–Crippen LogP) is 1.85. The number of nitrogens with zero attached hydrogens (tertiary/aromatic N) is 5. The monoisotopic (exact) mass is 440 g/mol. The number of benzene rings is 1. The first-order chi connectivity index (χ1) is 15.7. The van der Waals surface area contributed by atoms with Gasteiger partial charge in [-0.1, -0.05) is 30.3 Å². The SMILES string of the molecule is CN=C(NCC1CCCN1Cc1ccccc1)N1CCN(C(C)C(=O)N2CCCC2)CC1. The van der Waals surface area contributed by atoms with Crippen LogP contribution < -0.4 is 5.32 Å². The minimum atomic E-state index is -0.0183. The summed E-state index contributed by atoms with van der Waals surface area (Å²) in [7, 11) is 1.88. The molecule has 7 nitrogen and oxygen atoms in total. The van der Waals surface area contributed by atoms with Crippen LogP contribution in [0.4, 0.5) is 0 Å². The number of nitrogens with one attached hydrogen (secondary N) is 1. The van der Waals surface area contributed by atoms with Gasteiger partial charge in [0.1, 0.15) is 0 Å². The molecule has 7 heteroatoms. The van der Waals surface area contributed by atoms with Gasteiger partial charge in [-0.3, -0.25) is 19.6 Å². The van der Waals surface area contributed by atoms with E-state index in [1.807, 2.05) is 11.9 Å². The van der Waals surface area contributed by atoms with Crippen LogP contribution in [0.2, 0.25) is 0 Å². The molecule has 2 unspecified atom stereocenters. The van der Waals surface area contributed by atoms with E-state index in [1.54, 1.807) is 0 Å². The van der Waals surface area contributed by atoms with Crippen molar-refractivity contribution in [3.05, 3.63) is 35.9 Å². The Kier molecular flexibility index (Phi) is 8.03. The van der Waals surface area contributed by atoms with Crippen LogP contribution in [0.5, 0.6) is 0 Å². The first kappa shape index (κ1) is 23.1. The molecule has 1 N–H and O–H groups in total. The van der Waals surface area contributed by atoms with Gasteiger partial charge < -0.3 is 15.1 Å². The molecule has 3 saturated heterocycles. The van der Waals surface area contributed by atoms with E-state index in [0.717, 1.165) is 71.2 Å². The summed E-state index contributed by atoms with van der Waals surface area (Å²) >= 11 is 0. The van der Waals surface area contributed by atoms with Gasteiger partial charge in [0.15, 0.2) is 5.96 Å². The molecule has 0 bridgehead atoms. The molecular weight excluding hydrogens is 400 g/mol. The molecule has 32 heavy (non-hydrogen) atoms. The minimum Gasteiger partial charge on any atom is -0.355 e. The molecule has 176 valence electrons. The standard InChI is InChI=1S/C25H40N6O/c1-21(24(32)29-12-6-7-13-29)28-15-17-30(18-16-28)25(26-2)27-19-23-11-8-14-31(23)20-22-9-4-3-5-10-22/h3-5,9-10,21,23H,6-8,11-20H2,1-2H3,(H,26,27). The summed E-state index contributed by atoms with van der Waals surface area (Å²) in [5.41, 5.74) is 1.39. The van der Waals surface area contributed by atoms with Gasteiger partial charge in [0.05, 0.1) is 6.04 Å². The fraction of sp³-hybridized carbons (Fsp3) is 0.680. The molecule has 3 heterocycles. The molecule has 1 aromatic rings. The third kappa shape index (κ3) is 5.62. The number of piperazine rings is 1. The second-order valence-electron chi connectivity index (χ2n) is 9.41. The number of amides is 1. The van der Waals surface area contributed by atoms with Crippen molar-refractivity contribution < 1.29 is 4.79 Å². The number of rotatable bonds is 6. The first-order valence-corrected chi connectivity index (χ1v) is 12.4. The van der Waals surface area contributed by atoms with Crippen molar-refractivity contribution in [3.63, 3.8) is 0 Å². The largest absolute Gasteiger partial charge is 0.355 e. The summed E-state index contributed by atoms with van der Waals surface area (Å²) in [6.45, 7) is 10.7. The second-order valence-corrected chi connectivity index (χ2v) is 9.41. The molecule has 3 aliphatic heterocycles. The Bertz CT molecular complexity index is 755. The fourth-order valence-electron chi connectivity index (χ4n) is 5.37. The third-order valence-electron chi connectivity index (χ3n) is 7.37. The molecule has 1 aromatic carbocycles. The number of hydrogen-bond acceptors (Lipinski definition) is 4. The zero-order valence-corrected chi connectivity index (χ0v) is 19.9. The Morgan fingerprint density at radius 1 is 1.00 bits per heavy atom. The van der Waals surface area contributed by atoms with E-state index >= 15 is 0 Å². The smallest absolute Gasteiger partial charge is 0.239 e. The number of aliphatic imine (C=N–C) groups is 1. The van der Waals surface area contributed by atoms with Gasteiger partial charge in [-0.25, -0.2) is 0 Å². The summed E-state index contributed by atoms with van der Waals surface area (Å²) < 4.78 is 0. The molecule has 0 spiro atoms. The van der Waals surface area contributed by atoms with E-state index in [4.69, 9.17) is 0 Å². The van der Waals surface area contributed by atoms with E-state index in [0.29, 0.717) is 11.9 Å². The summed E-state index contributed by atoms with van der Waals surface area (Å²) in [5, 5.41) is 3.65. The Morgan fingerprint density at radius 2 is 1.72 bits per heavy atom. The van der Waals surface area contributed by atoms with Crippen molar-refractivity contribution in [3.8, 4) is 0 Å². The maximum absolute atomic E-state index is 12.8. The van der Waals surface area contributed by atoms with Gasteiger partial charge in [-0.15, -0.1) is 0 Å². The molecule has 2 atom stereocenters. The molecular formula is C25H40N6O. The zero-order chi connectivity index (χ0) is 22.3. The Morgan fingerprint density at radius 3 is 2.41 bits per heavy atom. The number of hydrogen-bond donors (Lipinski definition) is 1. The lowest BCUT2D eigenvalue weighted by Crippen LogP contribution is -2.57. The molecule has 3 aliphatic rings. The van der Waals surface area contributed by atoms with Crippen LogP contribution in [0, 0.1) is 0 Å². The Balaban J connectivity index is 1.23. The van der Waals surface area contributed by atoms with Gasteiger partial charge in [-0.2, -0.15) is 0 Å².